The zero-order valence-corrected chi connectivity index (χ0v) is 36.5. The van der Waals surface area contributed by atoms with Gasteiger partial charge in [-0.2, -0.15) is 43.9 Å². The molecule has 0 bridgehead atoms. The SMILES string of the molecule is OC(Cn1cnnn1)(c1ccc(F)cc1F)C(F)(F)c1ccc(Cc2ccc(C(F)(F)F)cc2)cn1.OC(c1ccc(C(F)(F)F)cc1)c1ccc(C(F)(F)C(O)(Cn2cnnn2)c2ccc(F)cc2F)nc1. The molecule has 0 aliphatic carbocycles. The summed E-state index contributed by atoms with van der Waals surface area (Å²) in [6, 6.07) is 15.3. The molecule has 4 aromatic carbocycles. The number of alkyl halides is 10. The van der Waals surface area contributed by atoms with Gasteiger partial charge in [-0.25, -0.2) is 26.9 Å². The summed E-state index contributed by atoms with van der Waals surface area (Å²) in [5, 5.41) is 52.8. The molecule has 3 N–H and O–H groups in total. The fourth-order valence-corrected chi connectivity index (χ4v) is 7.32. The number of halogens is 14. The van der Waals surface area contributed by atoms with Crippen LogP contribution in [0.2, 0.25) is 0 Å². The summed E-state index contributed by atoms with van der Waals surface area (Å²) in [5.41, 5.74) is -11.4. The van der Waals surface area contributed by atoms with Gasteiger partial charge in [-0.1, -0.05) is 36.4 Å². The molecule has 0 spiro atoms. The molecule has 4 aromatic heterocycles. The van der Waals surface area contributed by atoms with Gasteiger partial charge in [0.05, 0.1) is 24.2 Å². The van der Waals surface area contributed by atoms with Gasteiger partial charge in [-0.3, -0.25) is 9.97 Å². The Bertz CT molecular complexity index is 3110. The van der Waals surface area contributed by atoms with E-state index in [0.29, 0.717) is 41.5 Å². The number of aliphatic hydroxyl groups excluding tert-OH is 1. The quantitative estimate of drug-likeness (QED) is 0.0889. The standard InChI is InChI=1S/C23H16F7N5O2.C23H16F7N5O/c24-16-6-7-17(18(25)9-16)21(37,11-35-12-32-33-34-35)22(26,27)19-8-3-14(10-31-19)20(36)13-1-4-15(5-2-13)23(28,29)30;24-17-6-7-18(19(25)10-17)21(36,12-35-13-32-33-34-35)22(26,27)20-8-3-15(11-31-20)9-14-1-4-16(5-2-14)23(28,29)30/h1-10,12,20,36-37H,11H2;1-8,10-11,13,36H,9,12H2. The van der Waals surface area contributed by atoms with Crippen LogP contribution in [0.15, 0.2) is 134 Å². The molecular weight excluding hydrogens is 1010 g/mol. The number of benzene rings is 4. The lowest BCUT2D eigenvalue weighted by Gasteiger charge is -2.35. The van der Waals surface area contributed by atoms with Gasteiger partial charge in [0, 0.05) is 41.2 Å². The summed E-state index contributed by atoms with van der Waals surface area (Å²) >= 11 is 0. The highest BCUT2D eigenvalue weighted by Crippen LogP contribution is 2.48. The van der Waals surface area contributed by atoms with Gasteiger partial charge in [0.2, 0.25) is 0 Å². The van der Waals surface area contributed by atoms with E-state index in [9.17, 15) is 59.2 Å². The van der Waals surface area contributed by atoms with Crippen LogP contribution < -0.4 is 0 Å². The lowest BCUT2D eigenvalue weighted by atomic mass is 9.84. The Kier molecular flexibility index (Phi) is 14.8. The van der Waals surface area contributed by atoms with Crippen LogP contribution in [-0.2, 0) is 54.9 Å². The third-order valence-corrected chi connectivity index (χ3v) is 11.2. The lowest BCUT2D eigenvalue weighted by Crippen LogP contribution is -2.48. The summed E-state index contributed by atoms with van der Waals surface area (Å²) in [6.45, 7) is -2.04. The van der Waals surface area contributed by atoms with Gasteiger partial charge in [0.15, 0.2) is 11.2 Å². The van der Waals surface area contributed by atoms with E-state index in [1.54, 1.807) is 0 Å². The Morgan fingerprint density at radius 2 is 0.890 bits per heavy atom. The van der Waals surface area contributed by atoms with Crippen molar-refractivity contribution in [3.63, 3.8) is 0 Å². The molecule has 0 aliphatic rings. The van der Waals surface area contributed by atoms with Gasteiger partial charge >= 0.3 is 24.2 Å². The first kappa shape index (κ1) is 53.0. The first-order valence-electron chi connectivity index (χ1n) is 20.7. The number of hydrogen-bond donors (Lipinski definition) is 3. The second-order valence-corrected chi connectivity index (χ2v) is 16.1. The van der Waals surface area contributed by atoms with Crippen LogP contribution in [0.5, 0.6) is 0 Å². The number of rotatable bonds is 14. The van der Waals surface area contributed by atoms with Crippen molar-refractivity contribution in [2.45, 2.75) is 61.0 Å². The molecule has 0 amide bonds. The predicted molar refractivity (Wildman–Crippen MR) is 222 cm³/mol. The molecule has 0 aliphatic heterocycles. The minimum Gasteiger partial charge on any atom is -0.384 e. The van der Waals surface area contributed by atoms with Crippen LogP contribution in [0, 0.1) is 23.3 Å². The van der Waals surface area contributed by atoms with E-state index in [-0.39, 0.29) is 17.5 Å². The van der Waals surface area contributed by atoms with Crippen molar-refractivity contribution in [1.82, 2.24) is 50.4 Å². The molecule has 0 saturated heterocycles. The average molecular weight is 1040 g/mol. The third kappa shape index (κ3) is 11.3. The van der Waals surface area contributed by atoms with E-state index < -0.39 is 112 Å². The number of hydrogen-bond acceptors (Lipinski definition) is 11. The van der Waals surface area contributed by atoms with Crippen molar-refractivity contribution in [3.05, 3.63) is 213 Å². The van der Waals surface area contributed by atoms with Crippen LogP contribution in [0.4, 0.5) is 61.5 Å². The van der Waals surface area contributed by atoms with E-state index in [1.165, 1.54) is 18.2 Å². The molecule has 8 rings (SSSR count). The topological polar surface area (TPSA) is 174 Å². The molecule has 3 unspecified atom stereocenters. The second-order valence-electron chi connectivity index (χ2n) is 16.1. The number of nitrogens with zero attached hydrogens (tertiary/aromatic N) is 10. The molecular formula is C46H32F14N10O3. The van der Waals surface area contributed by atoms with Crippen molar-refractivity contribution in [2.24, 2.45) is 0 Å². The van der Waals surface area contributed by atoms with Crippen LogP contribution in [0.1, 0.15) is 62.0 Å². The fourth-order valence-electron chi connectivity index (χ4n) is 7.32. The first-order chi connectivity index (χ1) is 34.2. The zero-order valence-electron chi connectivity index (χ0n) is 36.5. The molecule has 73 heavy (non-hydrogen) atoms. The van der Waals surface area contributed by atoms with Crippen molar-refractivity contribution < 1.29 is 76.8 Å². The van der Waals surface area contributed by atoms with Crippen molar-refractivity contribution in [3.8, 4) is 0 Å². The number of pyridine rings is 2. The van der Waals surface area contributed by atoms with Gasteiger partial charge in [-0.15, -0.1) is 10.2 Å². The number of aliphatic hydroxyl groups is 3. The van der Waals surface area contributed by atoms with E-state index in [2.05, 4.69) is 41.0 Å². The Balaban J connectivity index is 0.000000214. The maximum absolute atomic E-state index is 15.8. The maximum atomic E-state index is 15.8. The Labute approximate surface area is 401 Å². The highest BCUT2D eigenvalue weighted by molar-refractivity contribution is 5.36. The molecule has 27 heteroatoms. The van der Waals surface area contributed by atoms with E-state index in [1.807, 2.05) is 0 Å². The van der Waals surface area contributed by atoms with E-state index in [0.717, 1.165) is 95.1 Å². The molecule has 4 heterocycles. The summed E-state index contributed by atoms with van der Waals surface area (Å²) in [5.74, 6) is -13.5. The molecule has 13 nitrogen and oxygen atoms in total. The van der Waals surface area contributed by atoms with Crippen LogP contribution >= 0.6 is 0 Å². The predicted octanol–water partition coefficient (Wildman–Crippen LogP) is 8.76. The second kappa shape index (κ2) is 20.4. The molecule has 0 radical (unpaired) electrons. The van der Waals surface area contributed by atoms with Crippen molar-refractivity contribution >= 4 is 0 Å². The zero-order chi connectivity index (χ0) is 53.1. The van der Waals surface area contributed by atoms with Crippen molar-refractivity contribution in [1.29, 1.82) is 0 Å². The van der Waals surface area contributed by atoms with Crippen molar-refractivity contribution in [2.75, 3.05) is 0 Å². The smallest absolute Gasteiger partial charge is 0.384 e. The van der Waals surface area contributed by atoms with Crippen LogP contribution in [-0.4, -0.2) is 65.7 Å². The minimum absolute atomic E-state index is 0.0397. The normalized spacial score (nSPS) is 14.4. The van der Waals surface area contributed by atoms with Gasteiger partial charge in [0.1, 0.15) is 53.4 Å². The monoisotopic (exact) mass is 1040 g/mol. The van der Waals surface area contributed by atoms with Gasteiger partial charge in [0.25, 0.3) is 0 Å². The highest BCUT2D eigenvalue weighted by Gasteiger charge is 2.59. The third-order valence-electron chi connectivity index (χ3n) is 11.2. The average Bonchev–Trinajstić information content (AvgIpc) is 4.06. The first-order valence-corrected chi connectivity index (χ1v) is 20.7. The van der Waals surface area contributed by atoms with Crippen LogP contribution in [0.25, 0.3) is 0 Å². The van der Waals surface area contributed by atoms with Gasteiger partial charge in [-0.05, 0) is 105 Å². The summed E-state index contributed by atoms with van der Waals surface area (Å²) < 4.78 is 197. The van der Waals surface area contributed by atoms with Gasteiger partial charge < -0.3 is 15.3 Å². The fraction of sp³-hybridized carbons (Fsp3) is 0.217. The molecule has 0 fully saturated rings. The lowest BCUT2D eigenvalue weighted by molar-refractivity contribution is -0.207. The summed E-state index contributed by atoms with van der Waals surface area (Å²) in [6.07, 6.45) is -6.74. The molecule has 382 valence electrons. The molecule has 3 atom stereocenters. The van der Waals surface area contributed by atoms with E-state index >= 15 is 17.6 Å². The minimum atomic E-state index is -4.58. The Morgan fingerprint density at radius 1 is 0.479 bits per heavy atom. The highest BCUT2D eigenvalue weighted by atomic mass is 19.4. The van der Waals surface area contributed by atoms with Crippen LogP contribution in [0.3, 0.4) is 0 Å². The maximum Gasteiger partial charge on any atom is 0.416 e. The number of tetrazole rings is 2. The van der Waals surface area contributed by atoms with E-state index in [4.69, 9.17) is 0 Å². The summed E-state index contributed by atoms with van der Waals surface area (Å²) in [7, 11) is 0. The summed E-state index contributed by atoms with van der Waals surface area (Å²) in [4.78, 5) is 7.34. The molecule has 8 aromatic rings. The largest absolute Gasteiger partial charge is 0.416 e. The molecule has 0 saturated carbocycles. The number of aromatic nitrogens is 10. The Hall–Kier alpha value is -7.78. The Morgan fingerprint density at radius 3 is 1.26 bits per heavy atom.